The fourth-order valence-corrected chi connectivity index (χ4v) is 2.90. The molecule has 25 heavy (non-hydrogen) atoms. The minimum Gasteiger partial charge on any atom is -0.380 e. The lowest BCUT2D eigenvalue weighted by molar-refractivity contribution is 0.730. The molecule has 0 spiro atoms. The van der Waals surface area contributed by atoms with Crippen LogP contribution in [0.15, 0.2) is 34.0 Å². The molecule has 0 aliphatic heterocycles. The third-order valence-electron chi connectivity index (χ3n) is 4.42. The van der Waals surface area contributed by atoms with Gasteiger partial charge in [-0.2, -0.15) is 5.10 Å². The first kappa shape index (κ1) is 16.9. The van der Waals surface area contributed by atoms with Gasteiger partial charge in [-0.25, -0.2) is 0 Å². The Morgan fingerprint density at radius 2 is 1.80 bits per heavy atom. The molecule has 0 aliphatic rings. The molecule has 0 atom stereocenters. The first-order valence-electron chi connectivity index (χ1n) is 8.19. The maximum absolute atomic E-state index is 11.8. The van der Waals surface area contributed by atoms with Crippen LogP contribution in [-0.2, 0) is 20.0 Å². The summed E-state index contributed by atoms with van der Waals surface area (Å²) in [5, 5.41) is 10.5. The molecule has 1 aromatic carbocycles. The Labute approximate surface area is 145 Å². The summed E-state index contributed by atoms with van der Waals surface area (Å²) >= 11 is 0. The largest absolute Gasteiger partial charge is 0.380 e. The van der Waals surface area contributed by atoms with Gasteiger partial charge in [-0.15, -0.1) is 0 Å². The van der Waals surface area contributed by atoms with Gasteiger partial charge in [0.25, 0.3) is 10.9 Å². The second kappa shape index (κ2) is 6.88. The third kappa shape index (κ3) is 3.31. The van der Waals surface area contributed by atoms with Gasteiger partial charge in [0.2, 0.25) is 0 Å². The number of nitrogens with zero attached hydrogens (tertiary/aromatic N) is 3. The van der Waals surface area contributed by atoms with Crippen LogP contribution in [0, 0.1) is 13.8 Å². The molecule has 0 saturated carbocycles. The second-order valence-electron chi connectivity index (χ2n) is 6.03. The van der Waals surface area contributed by atoms with Crippen LogP contribution in [0.2, 0.25) is 0 Å². The summed E-state index contributed by atoms with van der Waals surface area (Å²) in [7, 11) is 1.91. The molecule has 7 nitrogen and oxygen atoms in total. The number of pyridine rings is 1. The van der Waals surface area contributed by atoms with Gasteiger partial charge < -0.3 is 10.6 Å². The number of aromatic nitrogens is 3. The van der Waals surface area contributed by atoms with Gasteiger partial charge in [0.1, 0.15) is 11.4 Å². The molecule has 2 heterocycles. The molecule has 0 aliphatic carbocycles. The van der Waals surface area contributed by atoms with Crippen LogP contribution >= 0.6 is 0 Å². The minimum atomic E-state index is -0.479. The summed E-state index contributed by atoms with van der Waals surface area (Å²) in [4.78, 5) is 27.8. The smallest absolute Gasteiger partial charge is 0.253 e. The van der Waals surface area contributed by atoms with E-state index in [1.807, 2.05) is 43.8 Å². The van der Waals surface area contributed by atoms with Crippen molar-refractivity contribution in [2.45, 2.75) is 26.8 Å². The summed E-state index contributed by atoms with van der Waals surface area (Å²) in [6.45, 7) is 4.96. The zero-order chi connectivity index (χ0) is 18.0. The number of aryl methyl sites for hydroxylation is 2. The molecule has 130 valence electrons. The van der Waals surface area contributed by atoms with E-state index in [1.54, 1.807) is 6.20 Å². The highest BCUT2D eigenvalue weighted by molar-refractivity contribution is 5.73. The standard InChI is InChI=1S/C18H21N5O2/c1-11-14(12(2)23(3)22-11)7-9-20-15-16(18(25)17(15)24)21-10-13-6-4-5-8-19-13/h4-6,8,20-21H,7,9-10H2,1-3H3. The molecular formula is C18H21N5O2. The maximum Gasteiger partial charge on any atom is 0.253 e. The van der Waals surface area contributed by atoms with Crippen molar-refractivity contribution in [3.8, 4) is 0 Å². The Kier molecular flexibility index (Phi) is 4.65. The van der Waals surface area contributed by atoms with Crippen molar-refractivity contribution in [2.75, 3.05) is 17.2 Å². The van der Waals surface area contributed by atoms with E-state index in [-0.39, 0.29) is 0 Å². The van der Waals surface area contributed by atoms with Crippen LogP contribution in [0.1, 0.15) is 22.6 Å². The number of rotatable bonds is 7. The van der Waals surface area contributed by atoms with E-state index in [2.05, 4.69) is 20.7 Å². The molecule has 0 radical (unpaired) electrons. The van der Waals surface area contributed by atoms with E-state index in [0.29, 0.717) is 24.5 Å². The molecule has 3 rings (SSSR count). The van der Waals surface area contributed by atoms with Gasteiger partial charge in [0.15, 0.2) is 0 Å². The molecule has 2 aromatic heterocycles. The van der Waals surface area contributed by atoms with E-state index in [9.17, 15) is 9.59 Å². The summed E-state index contributed by atoms with van der Waals surface area (Å²) in [5.41, 5.74) is 3.82. The Balaban J connectivity index is 1.62. The van der Waals surface area contributed by atoms with Gasteiger partial charge in [-0.05, 0) is 38.0 Å². The predicted octanol–water partition coefficient (Wildman–Crippen LogP) is 1.29. The number of hydrogen-bond acceptors (Lipinski definition) is 6. The summed E-state index contributed by atoms with van der Waals surface area (Å²) in [6.07, 6.45) is 2.43. The lowest BCUT2D eigenvalue weighted by Crippen LogP contribution is -2.37. The SMILES string of the molecule is Cc1nn(C)c(C)c1CCNc1c(NCc2ccccn2)c(=O)c1=O. The predicted molar refractivity (Wildman–Crippen MR) is 97.8 cm³/mol. The van der Waals surface area contributed by atoms with Crippen molar-refractivity contribution in [3.63, 3.8) is 0 Å². The van der Waals surface area contributed by atoms with Gasteiger partial charge in [0.05, 0.1) is 17.9 Å². The zero-order valence-corrected chi connectivity index (χ0v) is 14.6. The normalized spacial score (nSPS) is 11.0. The van der Waals surface area contributed by atoms with Gasteiger partial charge >= 0.3 is 0 Å². The molecule has 0 bridgehead atoms. The fourth-order valence-electron chi connectivity index (χ4n) is 2.90. The van der Waals surface area contributed by atoms with E-state index in [0.717, 1.165) is 29.1 Å². The second-order valence-corrected chi connectivity index (χ2v) is 6.03. The van der Waals surface area contributed by atoms with E-state index >= 15 is 0 Å². The molecular weight excluding hydrogens is 318 g/mol. The molecule has 0 unspecified atom stereocenters. The average molecular weight is 339 g/mol. The Morgan fingerprint density at radius 3 is 2.40 bits per heavy atom. The monoisotopic (exact) mass is 339 g/mol. The molecule has 2 N–H and O–H groups in total. The van der Waals surface area contributed by atoms with Crippen LogP contribution < -0.4 is 21.5 Å². The number of hydrogen-bond donors (Lipinski definition) is 2. The van der Waals surface area contributed by atoms with Crippen LogP contribution in [0.25, 0.3) is 0 Å². The number of nitrogens with one attached hydrogen (secondary N) is 2. The van der Waals surface area contributed by atoms with E-state index in [1.165, 1.54) is 0 Å². The lowest BCUT2D eigenvalue weighted by atomic mass is 10.1. The summed E-state index contributed by atoms with van der Waals surface area (Å²) in [5.74, 6) is 0. The van der Waals surface area contributed by atoms with Crippen LogP contribution in [0.5, 0.6) is 0 Å². The van der Waals surface area contributed by atoms with Gasteiger partial charge in [-0.1, -0.05) is 6.07 Å². The van der Waals surface area contributed by atoms with Crippen molar-refractivity contribution < 1.29 is 0 Å². The molecule has 0 amide bonds. The van der Waals surface area contributed by atoms with Crippen molar-refractivity contribution >= 4 is 11.4 Å². The Hall–Kier alpha value is -2.96. The molecule has 3 aromatic rings. The lowest BCUT2D eigenvalue weighted by Gasteiger charge is -2.14. The van der Waals surface area contributed by atoms with E-state index in [4.69, 9.17) is 0 Å². The molecule has 0 saturated heterocycles. The van der Waals surface area contributed by atoms with Crippen molar-refractivity contribution in [2.24, 2.45) is 7.05 Å². The van der Waals surface area contributed by atoms with Gasteiger partial charge in [0, 0.05) is 25.5 Å². The van der Waals surface area contributed by atoms with Crippen molar-refractivity contribution in [3.05, 3.63) is 67.5 Å². The van der Waals surface area contributed by atoms with Crippen LogP contribution in [0.3, 0.4) is 0 Å². The minimum absolute atomic E-state index is 0.343. The topological polar surface area (TPSA) is 88.9 Å². The quantitative estimate of drug-likeness (QED) is 0.631. The average Bonchev–Trinajstić information content (AvgIpc) is 2.86. The van der Waals surface area contributed by atoms with Crippen molar-refractivity contribution in [1.82, 2.24) is 14.8 Å². The maximum atomic E-state index is 11.8. The van der Waals surface area contributed by atoms with E-state index < -0.39 is 10.9 Å². The highest BCUT2D eigenvalue weighted by atomic mass is 16.2. The van der Waals surface area contributed by atoms with Gasteiger partial charge in [-0.3, -0.25) is 19.3 Å². The zero-order valence-electron chi connectivity index (χ0n) is 14.6. The Morgan fingerprint density at radius 1 is 1.08 bits per heavy atom. The fraction of sp³-hybridized carbons (Fsp3) is 0.333. The summed E-state index contributed by atoms with van der Waals surface area (Å²) in [6, 6.07) is 5.57. The van der Waals surface area contributed by atoms with Crippen LogP contribution in [-0.4, -0.2) is 21.3 Å². The first-order valence-corrected chi connectivity index (χ1v) is 8.19. The third-order valence-corrected chi connectivity index (χ3v) is 4.42. The van der Waals surface area contributed by atoms with Crippen LogP contribution in [0.4, 0.5) is 11.4 Å². The Bertz CT molecular complexity index is 952. The first-order chi connectivity index (χ1) is 12.0. The summed E-state index contributed by atoms with van der Waals surface area (Å²) < 4.78 is 1.85. The highest BCUT2D eigenvalue weighted by Crippen LogP contribution is 2.17. The number of anilines is 2. The van der Waals surface area contributed by atoms with Crippen molar-refractivity contribution in [1.29, 1.82) is 0 Å². The highest BCUT2D eigenvalue weighted by Gasteiger charge is 2.20. The molecule has 7 heteroatoms. The molecule has 0 fully saturated rings.